The van der Waals surface area contributed by atoms with Crippen LogP contribution in [0.25, 0.3) is 5.69 Å². The van der Waals surface area contributed by atoms with Gasteiger partial charge in [-0.25, -0.2) is 9.67 Å². The summed E-state index contributed by atoms with van der Waals surface area (Å²) in [7, 11) is 0. The topological polar surface area (TPSA) is 52.7 Å². The molecular formula is C14H11ClN4O. The molecule has 0 aliphatic carbocycles. The van der Waals surface area contributed by atoms with Gasteiger partial charge in [-0.3, -0.25) is 4.79 Å². The van der Waals surface area contributed by atoms with E-state index in [9.17, 15) is 4.79 Å². The Kier molecular flexibility index (Phi) is 3.35. The first kappa shape index (κ1) is 12.6. The van der Waals surface area contributed by atoms with Gasteiger partial charge in [0.2, 0.25) is 0 Å². The fourth-order valence-electron chi connectivity index (χ4n) is 1.89. The van der Waals surface area contributed by atoms with Gasteiger partial charge in [0.15, 0.2) is 5.15 Å². The molecule has 0 amide bonds. The fraction of sp³-hybridized carbons (Fsp3) is 0.0714. The van der Waals surface area contributed by atoms with Gasteiger partial charge in [-0.05, 0) is 18.2 Å². The third-order valence-corrected chi connectivity index (χ3v) is 3.13. The summed E-state index contributed by atoms with van der Waals surface area (Å²) in [5.74, 6) is 0. The van der Waals surface area contributed by atoms with Crippen LogP contribution in [0, 0.1) is 0 Å². The lowest BCUT2D eigenvalue weighted by molar-refractivity contribution is 0.712. The van der Waals surface area contributed by atoms with Gasteiger partial charge in [-0.1, -0.05) is 29.8 Å². The molecule has 6 heteroatoms. The molecule has 0 spiro atoms. The first-order valence-electron chi connectivity index (χ1n) is 6.05. The van der Waals surface area contributed by atoms with Gasteiger partial charge < -0.3 is 4.57 Å². The third-order valence-electron chi connectivity index (χ3n) is 2.87. The summed E-state index contributed by atoms with van der Waals surface area (Å²) in [4.78, 5) is 15.5. The molecule has 3 rings (SSSR count). The summed E-state index contributed by atoms with van der Waals surface area (Å²) < 4.78 is 3.25. The standard InChI is InChI=1S/C14H11ClN4O/c15-13-14(20)18(9-7-16-13)10-11-6-8-19(17-11)12-4-2-1-3-5-12/h1-9H,10H2. The van der Waals surface area contributed by atoms with Crippen LogP contribution in [0.1, 0.15) is 5.69 Å². The van der Waals surface area contributed by atoms with Crippen LogP contribution < -0.4 is 5.56 Å². The predicted octanol–water partition coefficient (Wildman–Crippen LogP) is 2.13. The molecule has 0 unspecified atom stereocenters. The van der Waals surface area contributed by atoms with Gasteiger partial charge in [0.05, 0.1) is 17.9 Å². The Morgan fingerprint density at radius 3 is 2.70 bits per heavy atom. The number of hydrogen-bond acceptors (Lipinski definition) is 3. The average Bonchev–Trinajstić information content (AvgIpc) is 2.93. The van der Waals surface area contributed by atoms with E-state index in [0.717, 1.165) is 11.4 Å². The lowest BCUT2D eigenvalue weighted by atomic mass is 10.3. The highest BCUT2D eigenvalue weighted by molar-refractivity contribution is 6.29. The molecule has 0 radical (unpaired) electrons. The van der Waals surface area contributed by atoms with Crippen molar-refractivity contribution in [3.05, 3.63) is 76.2 Å². The molecule has 0 saturated carbocycles. The lowest BCUT2D eigenvalue weighted by Crippen LogP contribution is -2.21. The molecule has 100 valence electrons. The van der Waals surface area contributed by atoms with Crippen molar-refractivity contribution < 1.29 is 0 Å². The SMILES string of the molecule is O=c1c(Cl)nccn1Cc1ccn(-c2ccccc2)n1. The number of para-hydroxylation sites is 1. The quantitative estimate of drug-likeness (QED) is 0.741. The predicted molar refractivity (Wildman–Crippen MR) is 76.2 cm³/mol. The van der Waals surface area contributed by atoms with E-state index in [4.69, 9.17) is 11.6 Å². The Morgan fingerprint density at radius 2 is 1.90 bits per heavy atom. The largest absolute Gasteiger partial charge is 0.305 e. The summed E-state index contributed by atoms with van der Waals surface area (Å²) in [5, 5.41) is 4.41. The smallest absolute Gasteiger partial charge is 0.288 e. The highest BCUT2D eigenvalue weighted by atomic mass is 35.5. The van der Waals surface area contributed by atoms with Crippen LogP contribution in [-0.2, 0) is 6.54 Å². The van der Waals surface area contributed by atoms with Crippen LogP contribution in [0.3, 0.4) is 0 Å². The molecule has 0 bridgehead atoms. The minimum Gasteiger partial charge on any atom is -0.305 e. The number of nitrogens with zero attached hydrogens (tertiary/aromatic N) is 4. The van der Waals surface area contributed by atoms with Gasteiger partial charge in [-0.2, -0.15) is 5.10 Å². The molecular weight excluding hydrogens is 276 g/mol. The molecule has 0 atom stereocenters. The second-order valence-corrected chi connectivity index (χ2v) is 4.60. The molecule has 0 saturated heterocycles. The van der Waals surface area contributed by atoms with Crippen molar-refractivity contribution >= 4 is 11.6 Å². The zero-order valence-electron chi connectivity index (χ0n) is 10.5. The molecule has 0 aliphatic rings. The summed E-state index contributed by atoms with van der Waals surface area (Å²) in [5.41, 5.74) is 1.43. The first-order valence-corrected chi connectivity index (χ1v) is 6.43. The van der Waals surface area contributed by atoms with Gasteiger partial charge in [-0.15, -0.1) is 0 Å². The Hall–Kier alpha value is -2.40. The number of hydrogen-bond donors (Lipinski definition) is 0. The van der Waals surface area contributed by atoms with Gasteiger partial charge in [0.25, 0.3) is 5.56 Å². The van der Waals surface area contributed by atoms with Gasteiger partial charge >= 0.3 is 0 Å². The van der Waals surface area contributed by atoms with Crippen molar-refractivity contribution in [3.8, 4) is 5.69 Å². The minimum absolute atomic E-state index is 0.0324. The average molecular weight is 287 g/mol. The molecule has 5 nitrogen and oxygen atoms in total. The first-order chi connectivity index (χ1) is 9.74. The van der Waals surface area contributed by atoms with E-state index >= 15 is 0 Å². The van der Waals surface area contributed by atoms with E-state index in [-0.39, 0.29) is 10.7 Å². The fourth-order valence-corrected chi connectivity index (χ4v) is 2.06. The van der Waals surface area contributed by atoms with Gasteiger partial charge in [0.1, 0.15) is 0 Å². The summed E-state index contributed by atoms with van der Waals surface area (Å²) >= 11 is 5.71. The van der Waals surface area contributed by atoms with Crippen molar-refractivity contribution in [1.82, 2.24) is 19.3 Å². The maximum Gasteiger partial charge on any atom is 0.288 e. The van der Waals surface area contributed by atoms with Crippen LogP contribution >= 0.6 is 11.6 Å². The lowest BCUT2D eigenvalue weighted by Gasteiger charge is -2.03. The van der Waals surface area contributed by atoms with Crippen LogP contribution in [0.2, 0.25) is 5.15 Å². The normalized spacial score (nSPS) is 10.7. The Balaban J connectivity index is 1.88. The molecule has 20 heavy (non-hydrogen) atoms. The second-order valence-electron chi connectivity index (χ2n) is 4.24. The number of halogens is 1. The van der Waals surface area contributed by atoms with E-state index in [1.54, 1.807) is 10.9 Å². The molecule has 0 aliphatic heterocycles. The summed E-state index contributed by atoms with van der Waals surface area (Å²) in [6.45, 7) is 0.362. The molecule has 2 aromatic heterocycles. The Morgan fingerprint density at radius 1 is 1.10 bits per heavy atom. The Bertz CT molecular complexity index is 779. The zero-order valence-corrected chi connectivity index (χ0v) is 11.2. The summed E-state index contributed by atoms with van der Waals surface area (Å²) in [6.07, 6.45) is 4.95. The van der Waals surface area contributed by atoms with E-state index in [0.29, 0.717) is 6.54 Å². The van der Waals surface area contributed by atoms with E-state index in [1.165, 1.54) is 10.8 Å². The molecule has 1 aromatic carbocycles. The minimum atomic E-state index is -0.316. The molecule has 0 fully saturated rings. The van der Waals surface area contributed by atoms with E-state index in [2.05, 4.69) is 10.1 Å². The van der Waals surface area contributed by atoms with E-state index in [1.807, 2.05) is 42.6 Å². The van der Waals surface area contributed by atoms with Crippen molar-refractivity contribution in [2.24, 2.45) is 0 Å². The van der Waals surface area contributed by atoms with Crippen LogP contribution in [-0.4, -0.2) is 19.3 Å². The second kappa shape index (κ2) is 5.30. The summed E-state index contributed by atoms with van der Waals surface area (Å²) in [6, 6.07) is 11.6. The van der Waals surface area contributed by atoms with Crippen molar-refractivity contribution in [1.29, 1.82) is 0 Å². The van der Waals surface area contributed by atoms with Crippen LogP contribution in [0.4, 0.5) is 0 Å². The maximum atomic E-state index is 11.8. The van der Waals surface area contributed by atoms with Crippen molar-refractivity contribution in [3.63, 3.8) is 0 Å². The zero-order chi connectivity index (χ0) is 13.9. The number of rotatable bonds is 3. The van der Waals surface area contributed by atoms with Crippen LogP contribution in [0.15, 0.2) is 59.8 Å². The highest BCUT2D eigenvalue weighted by Gasteiger charge is 2.05. The molecule has 0 N–H and O–H groups in total. The Labute approximate surface area is 120 Å². The van der Waals surface area contributed by atoms with Crippen molar-refractivity contribution in [2.75, 3.05) is 0 Å². The highest BCUT2D eigenvalue weighted by Crippen LogP contribution is 2.07. The maximum absolute atomic E-state index is 11.8. The molecule has 3 aromatic rings. The third kappa shape index (κ3) is 2.48. The number of benzene rings is 1. The van der Waals surface area contributed by atoms with Gasteiger partial charge in [0, 0.05) is 18.6 Å². The number of aromatic nitrogens is 4. The van der Waals surface area contributed by atoms with Crippen molar-refractivity contribution in [2.45, 2.75) is 6.54 Å². The van der Waals surface area contributed by atoms with Crippen LogP contribution in [0.5, 0.6) is 0 Å². The van der Waals surface area contributed by atoms with E-state index < -0.39 is 0 Å². The monoisotopic (exact) mass is 286 g/mol. The molecule has 2 heterocycles.